The van der Waals surface area contributed by atoms with Crippen molar-refractivity contribution in [1.82, 2.24) is 4.98 Å². The van der Waals surface area contributed by atoms with Gasteiger partial charge in [-0.25, -0.2) is 18.2 Å². The minimum atomic E-state index is -4.47. The van der Waals surface area contributed by atoms with Gasteiger partial charge in [-0.2, -0.15) is 13.2 Å². The monoisotopic (exact) mass is 714 g/mol. The number of fused-ring (bicyclic) bond motifs is 1. The zero-order valence-electron chi connectivity index (χ0n) is 24.8. The van der Waals surface area contributed by atoms with E-state index >= 15 is 0 Å². The third kappa shape index (κ3) is 9.00. The van der Waals surface area contributed by atoms with Gasteiger partial charge in [-0.1, -0.05) is 35.9 Å². The van der Waals surface area contributed by atoms with Gasteiger partial charge in [-0.3, -0.25) is 4.79 Å². The van der Waals surface area contributed by atoms with E-state index in [-0.39, 0.29) is 39.6 Å². The number of aryl methyl sites for hydroxylation is 1. The van der Waals surface area contributed by atoms with Crippen molar-refractivity contribution in [2.45, 2.75) is 23.9 Å². The number of aliphatic carboxylic acids is 1. The summed E-state index contributed by atoms with van der Waals surface area (Å²) in [5.74, 6) is -1.74. The standard InChI is InChI=1S/C34H26ClF3N2O6S2/c35-25-9-11-26(12-10-25)48(44,45)16-2-4-22-6-13-29(46-20-32(41)42)27(18-22)40-33(43)23-5-1-3-21(17-23)7-15-31-39-28-19-24(34(36,37)38)8-14-30(28)47-31/h1,3,5-15,17-19H,2,4,16,20H2,(H,40,43)(H,41,42)/b15-7+. The minimum Gasteiger partial charge on any atom is -0.480 e. The largest absolute Gasteiger partial charge is 0.480 e. The fraction of sp³-hybridized carbons (Fsp3) is 0.147. The van der Waals surface area contributed by atoms with Gasteiger partial charge >= 0.3 is 12.1 Å². The average Bonchev–Trinajstić information content (AvgIpc) is 3.46. The first-order valence-electron chi connectivity index (χ1n) is 14.3. The second-order valence-electron chi connectivity index (χ2n) is 10.5. The number of carboxylic acids is 1. The Hall–Kier alpha value is -4.72. The molecule has 0 saturated heterocycles. The lowest BCUT2D eigenvalue weighted by Gasteiger charge is -2.14. The molecule has 0 aliphatic heterocycles. The fourth-order valence-electron chi connectivity index (χ4n) is 4.66. The molecule has 48 heavy (non-hydrogen) atoms. The summed E-state index contributed by atoms with van der Waals surface area (Å²) in [5, 5.41) is 12.8. The Morgan fingerprint density at radius 2 is 1.75 bits per heavy atom. The zero-order valence-corrected chi connectivity index (χ0v) is 27.2. The Kier molecular flexibility index (Phi) is 10.5. The average molecular weight is 715 g/mol. The molecule has 0 saturated carbocycles. The van der Waals surface area contributed by atoms with Gasteiger partial charge in [0.25, 0.3) is 5.91 Å². The quantitative estimate of drug-likeness (QED) is 0.133. The molecular formula is C34H26ClF3N2O6S2. The number of hydrogen-bond donors (Lipinski definition) is 2. The second-order valence-corrected chi connectivity index (χ2v) is 14.1. The molecule has 1 aromatic heterocycles. The lowest BCUT2D eigenvalue weighted by atomic mass is 10.1. The minimum absolute atomic E-state index is 0.115. The molecule has 0 aliphatic rings. The van der Waals surface area contributed by atoms with Gasteiger partial charge in [0.05, 0.1) is 32.1 Å². The van der Waals surface area contributed by atoms with Crippen LogP contribution in [0.1, 0.15) is 38.5 Å². The third-order valence-corrected chi connectivity index (χ3v) is 10.1. The van der Waals surface area contributed by atoms with Gasteiger partial charge in [-0.15, -0.1) is 11.3 Å². The number of anilines is 1. The number of carbonyl (C=O) groups excluding carboxylic acids is 1. The number of amides is 1. The van der Waals surface area contributed by atoms with Gasteiger partial charge in [0, 0.05) is 10.6 Å². The number of rotatable bonds is 12. The van der Waals surface area contributed by atoms with Crippen LogP contribution in [-0.4, -0.2) is 42.7 Å². The number of sulfone groups is 1. The molecule has 248 valence electrons. The van der Waals surface area contributed by atoms with Gasteiger partial charge in [0.15, 0.2) is 16.4 Å². The maximum atomic E-state index is 13.3. The second kappa shape index (κ2) is 14.6. The maximum Gasteiger partial charge on any atom is 0.416 e. The summed E-state index contributed by atoms with van der Waals surface area (Å²) in [5.41, 5.74) is 1.23. The predicted molar refractivity (Wildman–Crippen MR) is 179 cm³/mol. The molecule has 8 nitrogen and oxygen atoms in total. The van der Waals surface area contributed by atoms with Gasteiger partial charge in [0.1, 0.15) is 10.8 Å². The van der Waals surface area contributed by atoms with E-state index in [2.05, 4.69) is 10.3 Å². The van der Waals surface area contributed by atoms with Crippen LogP contribution in [0.25, 0.3) is 22.4 Å². The van der Waals surface area contributed by atoms with E-state index in [1.165, 1.54) is 47.7 Å². The van der Waals surface area contributed by atoms with E-state index in [9.17, 15) is 31.2 Å². The first-order chi connectivity index (χ1) is 22.8. The highest BCUT2D eigenvalue weighted by Crippen LogP contribution is 2.33. The first-order valence-corrected chi connectivity index (χ1v) is 17.1. The number of ether oxygens (including phenoxy) is 1. The Bertz CT molecular complexity index is 2110. The van der Waals surface area contributed by atoms with Crippen LogP contribution in [-0.2, 0) is 27.2 Å². The molecule has 1 amide bonds. The van der Waals surface area contributed by atoms with Crippen molar-refractivity contribution in [2.24, 2.45) is 0 Å². The van der Waals surface area contributed by atoms with Crippen molar-refractivity contribution in [3.05, 3.63) is 117 Å². The Morgan fingerprint density at radius 3 is 2.48 bits per heavy atom. The first kappa shape index (κ1) is 34.6. The van der Waals surface area contributed by atoms with Crippen molar-refractivity contribution in [3.63, 3.8) is 0 Å². The molecular weight excluding hydrogens is 689 g/mol. The van der Waals surface area contributed by atoms with Crippen LogP contribution in [0.15, 0.2) is 89.8 Å². The number of carboxylic acid groups (broad SMARTS) is 1. The molecule has 4 aromatic carbocycles. The van der Waals surface area contributed by atoms with E-state index in [1.807, 2.05) is 0 Å². The zero-order chi connectivity index (χ0) is 34.5. The molecule has 0 bridgehead atoms. The molecule has 5 rings (SSSR count). The summed E-state index contributed by atoms with van der Waals surface area (Å²) in [6, 6.07) is 20.6. The number of alkyl halides is 3. The highest BCUT2D eigenvalue weighted by Gasteiger charge is 2.30. The number of nitrogens with one attached hydrogen (secondary N) is 1. The Labute approximate surface area is 282 Å². The van der Waals surface area contributed by atoms with Gasteiger partial charge in [0.2, 0.25) is 0 Å². The number of benzene rings is 4. The molecule has 0 unspecified atom stereocenters. The maximum absolute atomic E-state index is 13.3. The van der Waals surface area contributed by atoms with E-state index in [1.54, 1.807) is 48.6 Å². The number of nitrogens with zero attached hydrogens (tertiary/aromatic N) is 1. The van der Waals surface area contributed by atoms with E-state index < -0.39 is 40.1 Å². The van der Waals surface area contributed by atoms with Gasteiger partial charge < -0.3 is 15.2 Å². The summed E-state index contributed by atoms with van der Waals surface area (Å²) in [4.78, 5) is 28.9. The van der Waals surface area contributed by atoms with Crippen LogP contribution in [0, 0.1) is 0 Å². The molecule has 5 aromatic rings. The number of thiazole rings is 1. The van der Waals surface area contributed by atoms with E-state index in [0.717, 1.165) is 12.1 Å². The lowest BCUT2D eigenvalue weighted by Crippen LogP contribution is -2.15. The molecule has 0 aliphatic carbocycles. The predicted octanol–water partition coefficient (Wildman–Crippen LogP) is 8.26. The van der Waals surface area contributed by atoms with Crippen LogP contribution in [0.5, 0.6) is 5.75 Å². The molecule has 0 atom stereocenters. The Morgan fingerprint density at radius 1 is 0.979 bits per heavy atom. The summed E-state index contributed by atoms with van der Waals surface area (Å²) < 4.78 is 70.6. The van der Waals surface area contributed by atoms with Crippen LogP contribution >= 0.6 is 22.9 Å². The number of halogens is 4. The van der Waals surface area contributed by atoms with E-state index in [0.29, 0.717) is 32.3 Å². The third-order valence-electron chi connectivity index (χ3n) is 6.99. The van der Waals surface area contributed by atoms with Crippen molar-refractivity contribution in [3.8, 4) is 5.75 Å². The normalized spacial score (nSPS) is 12.0. The lowest BCUT2D eigenvalue weighted by molar-refractivity contribution is -0.139. The van der Waals surface area contributed by atoms with Crippen molar-refractivity contribution in [1.29, 1.82) is 0 Å². The molecule has 0 spiro atoms. The van der Waals surface area contributed by atoms with Crippen LogP contribution < -0.4 is 10.1 Å². The highest BCUT2D eigenvalue weighted by atomic mass is 35.5. The molecule has 1 heterocycles. The van der Waals surface area contributed by atoms with E-state index in [4.69, 9.17) is 21.4 Å². The summed E-state index contributed by atoms with van der Waals surface area (Å²) in [7, 11) is -3.55. The smallest absolute Gasteiger partial charge is 0.416 e. The summed E-state index contributed by atoms with van der Waals surface area (Å²) in [6.07, 6.45) is -0.525. The van der Waals surface area contributed by atoms with Crippen molar-refractivity contribution < 1.29 is 41.0 Å². The van der Waals surface area contributed by atoms with Crippen LogP contribution in [0.2, 0.25) is 5.02 Å². The van der Waals surface area contributed by atoms with Crippen molar-refractivity contribution >= 4 is 72.7 Å². The summed E-state index contributed by atoms with van der Waals surface area (Å²) in [6.45, 7) is -0.648. The summed E-state index contributed by atoms with van der Waals surface area (Å²) >= 11 is 7.09. The molecule has 0 radical (unpaired) electrons. The number of hydrogen-bond acceptors (Lipinski definition) is 7. The highest BCUT2D eigenvalue weighted by molar-refractivity contribution is 7.91. The van der Waals surface area contributed by atoms with Gasteiger partial charge in [-0.05, 0) is 96.8 Å². The fourth-order valence-corrected chi connectivity index (χ4v) is 6.95. The van der Waals surface area contributed by atoms with Crippen LogP contribution in [0.4, 0.5) is 18.9 Å². The molecule has 14 heteroatoms. The SMILES string of the molecule is O=C(O)COc1ccc(CCCS(=O)(=O)c2ccc(Cl)cc2)cc1NC(=O)c1cccc(/C=C/c2nc3cc(C(F)(F)F)ccc3s2)c1. The number of carbonyl (C=O) groups is 2. The van der Waals surface area contributed by atoms with Crippen LogP contribution in [0.3, 0.4) is 0 Å². The molecule has 2 N–H and O–H groups in total. The number of aromatic nitrogens is 1. The van der Waals surface area contributed by atoms with Crippen molar-refractivity contribution in [2.75, 3.05) is 17.7 Å². The molecule has 0 fully saturated rings. The Balaban J connectivity index is 1.29. The topological polar surface area (TPSA) is 123 Å².